The fraction of sp³-hybridized carbons (Fsp3) is 0.133. The van der Waals surface area contributed by atoms with Gasteiger partial charge in [0, 0.05) is 11.3 Å². The van der Waals surface area contributed by atoms with Crippen LogP contribution in [0, 0.1) is 6.92 Å². The lowest BCUT2D eigenvalue weighted by atomic mass is 10.1. The van der Waals surface area contributed by atoms with Crippen molar-refractivity contribution in [2.24, 2.45) is 4.99 Å². The summed E-state index contributed by atoms with van der Waals surface area (Å²) < 4.78 is 0. The molecule has 0 atom stereocenters. The number of rotatable bonds is 2. The van der Waals surface area contributed by atoms with Crippen LogP contribution in [0.5, 0.6) is 11.5 Å². The molecule has 0 heterocycles. The molecule has 18 heavy (non-hydrogen) atoms. The zero-order valence-electron chi connectivity index (χ0n) is 10.4. The summed E-state index contributed by atoms with van der Waals surface area (Å²) in [6, 6.07) is 12.3. The van der Waals surface area contributed by atoms with Crippen LogP contribution in [-0.2, 0) is 0 Å². The molecule has 2 aromatic rings. The first-order valence-electron chi connectivity index (χ1n) is 5.71. The van der Waals surface area contributed by atoms with E-state index in [-0.39, 0.29) is 11.5 Å². The molecule has 0 fully saturated rings. The standard InChI is InChI=1S/C15H15NO2/c1-10-7-8-13(15(18)9-10)16-11(2)12-5-3-4-6-14(12)17/h3-9,17-18H,1-2H3. The molecular formula is C15H15NO2. The lowest BCUT2D eigenvalue weighted by molar-refractivity contribution is 0.473. The van der Waals surface area contributed by atoms with Gasteiger partial charge >= 0.3 is 0 Å². The van der Waals surface area contributed by atoms with Gasteiger partial charge in [0.1, 0.15) is 17.2 Å². The van der Waals surface area contributed by atoms with Crippen molar-refractivity contribution in [1.82, 2.24) is 0 Å². The number of aryl methyl sites for hydroxylation is 1. The minimum atomic E-state index is 0.143. The van der Waals surface area contributed by atoms with Gasteiger partial charge in [-0.05, 0) is 43.7 Å². The number of para-hydroxylation sites is 1. The lowest BCUT2D eigenvalue weighted by Crippen LogP contribution is -1.94. The van der Waals surface area contributed by atoms with Crippen molar-refractivity contribution in [1.29, 1.82) is 0 Å². The van der Waals surface area contributed by atoms with Crippen LogP contribution < -0.4 is 0 Å². The number of hydrogen-bond donors (Lipinski definition) is 2. The molecule has 0 spiro atoms. The molecule has 0 saturated carbocycles. The molecule has 0 amide bonds. The number of phenolic OH excluding ortho intramolecular Hbond substituents is 2. The van der Waals surface area contributed by atoms with Crippen LogP contribution in [0.4, 0.5) is 5.69 Å². The van der Waals surface area contributed by atoms with Crippen LogP contribution in [0.1, 0.15) is 18.1 Å². The van der Waals surface area contributed by atoms with E-state index in [4.69, 9.17) is 0 Å². The average Bonchev–Trinajstić information content (AvgIpc) is 2.33. The SMILES string of the molecule is CC(=Nc1ccc(C)cc1O)c1ccccc1O. The normalized spacial score (nSPS) is 11.6. The summed E-state index contributed by atoms with van der Waals surface area (Å²) in [5.74, 6) is 0.329. The van der Waals surface area contributed by atoms with Gasteiger partial charge in [-0.25, -0.2) is 4.99 Å². The van der Waals surface area contributed by atoms with Gasteiger partial charge < -0.3 is 10.2 Å². The minimum absolute atomic E-state index is 0.143. The number of aliphatic imine (C=N–C) groups is 1. The van der Waals surface area contributed by atoms with Gasteiger partial charge in [0.2, 0.25) is 0 Å². The van der Waals surface area contributed by atoms with Crippen molar-refractivity contribution in [2.75, 3.05) is 0 Å². The first-order valence-corrected chi connectivity index (χ1v) is 5.71. The second-order valence-electron chi connectivity index (χ2n) is 4.21. The molecule has 0 bridgehead atoms. The van der Waals surface area contributed by atoms with Crippen molar-refractivity contribution in [2.45, 2.75) is 13.8 Å². The highest BCUT2D eigenvalue weighted by Gasteiger charge is 2.05. The quantitative estimate of drug-likeness (QED) is 0.790. The molecular weight excluding hydrogens is 226 g/mol. The summed E-state index contributed by atoms with van der Waals surface area (Å²) in [6.45, 7) is 3.71. The van der Waals surface area contributed by atoms with E-state index >= 15 is 0 Å². The van der Waals surface area contributed by atoms with Crippen LogP contribution in [-0.4, -0.2) is 15.9 Å². The molecule has 0 aromatic heterocycles. The van der Waals surface area contributed by atoms with Gasteiger partial charge in [-0.3, -0.25) is 0 Å². The molecule has 2 aromatic carbocycles. The Balaban J connectivity index is 2.42. The van der Waals surface area contributed by atoms with Gasteiger partial charge in [0.25, 0.3) is 0 Å². The predicted octanol–water partition coefficient (Wildman–Crippen LogP) is 3.55. The second kappa shape index (κ2) is 4.92. The first-order chi connectivity index (χ1) is 8.58. The minimum Gasteiger partial charge on any atom is -0.507 e. The largest absolute Gasteiger partial charge is 0.507 e. The van der Waals surface area contributed by atoms with Crippen molar-refractivity contribution in [3.8, 4) is 11.5 Å². The first kappa shape index (κ1) is 12.2. The highest BCUT2D eigenvalue weighted by Crippen LogP contribution is 2.28. The van der Waals surface area contributed by atoms with Gasteiger partial charge in [0.15, 0.2) is 0 Å². The molecule has 92 valence electrons. The Morgan fingerprint density at radius 3 is 2.39 bits per heavy atom. The van der Waals surface area contributed by atoms with Gasteiger partial charge in [-0.1, -0.05) is 18.2 Å². The Bertz CT molecular complexity index is 603. The maximum atomic E-state index is 9.79. The molecule has 0 aliphatic carbocycles. The molecule has 3 nitrogen and oxygen atoms in total. The molecule has 0 aliphatic heterocycles. The number of nitrogens with zero attached hydrogens (tertiary/aromatic N) is 1. The zero-order chi connectivity index (χ0) is 13.1. The monoisotopic (exact) mass is 241 g/mol. The second-order valence-corrected chi connectivity index (χ2v) is 4.21. The van der Waals surface area contributed by atoms with Crippen LogP contribution in [0.15, 0.2) is 47.5 Å². The van der Waals surface area contributed by atoms with Crippen LogP contribution >= 0.6 is 0 Å². The van der Waals surface area contributed by atoms with Gasteiger partial charge in [-0.2, -0.15) is 0 Å². The highest BCUT2D eigenvalue weighted by atomic mass is 16.3. The van der Waals surface area contributed by atoms with Gasteiger partial charge in [-0.15, -0.1) is 0 Å². The van der Waals surface area contributed by atoms with E-state index in [0.717, 1.165) is 5.56 Å². The van der Waals surface area contributed by atoms with E-state index < -0.39 is 0 Å². The number of benzene rings is 2. The molecule has 0 saturated heterocycles. The van der Waals surface area contributed by atoms with Crippen LogP contribution in [0.2, 0.25) is 0 Å². The van der Waals surface area contributed by atoms with Crippen LogP contribution in [0.25, 0.3) is 0 Å². The average molecular weight is 241 g/mol. The van der Waals surface area contributed by atoms with Crippen molar-refractivity contribution < 1.29 is 10.2 Å². The Kier molecular flexibility index (Phi) is 3.33. The number of hydrogen-bond acceptors (Lipinski definition) is 3. The molecule has 3 heteroatoms. The zero-order valence-corrected chi connectivity index (χ0v) is 10.4. The third-order valence-electron chi connectivity index (χ3n) is 2.71. The van der Waals surface area contributed by atoms with E-state index in [1.54, 1.807) is 37.3 Å². The Labute approximate surface area is 106 Å². The summed E-state index contributed by atoms with van der Waals surface area (Å²) in [4.78, 5) is 4.34. The summed E-state index contributed by atoms with van der Waals surface area (Å²) >= 11 is 0. The third-order valence-corrected chi connectivity index (χ3v) is 2.71. The van der Waals surface area contributed by atoms with E-state index in [1.165, 1.54) is 0 Å². The van der Waals surface area contributed by atoms with Gasteiger partial charge in [0.05, 0.1) is 0 Å². The predicted molar refractivity (Wildman–Crippen MR) is 72.8 cm³/mol. The molecule has 0 unspecified atom stereocenters. The topological polar surface area (TPSA) is 52.8 Å². The Morgan fingerprint density at radius 1 is 1.00 bits per heavy atom. The number of aromatic hydroxyl groups is 2. The highest BCUT2D eigenvalue weighted by molar-refractivity contribution is 6.02. The smallest absolute Gasteiger partial charge is 0.141 e. The van der Waals surface area contributed by atoms with Crippen molar-refractivity contribution in [3.63, 3.8) is 0 Å². The van der Waals surface area contributed by atoms with E-state index in [1.807, 2.05) is 19.1 Å². The Hall–Kier alpha value is -2.29. The van der Waals surface area contributed by atoms with E-state index in [2.05, 4.69) is 4.99 Å². The summed E-state index contributed by atoms with van der Waals surface area (Å²) in [7, 11) is 0. The maximum absolute atomic E-state index is 9.79. The van der Waals surface area contributed by atoms with E-state index in [9.17, 15) is 10.2 Å². The van der Waals surface area contributed by atoms with Crippen molar-refractivity contribution in [3.05, 3.63) is 53.6 Å². The maximum Gasteiger partial charge on any atom is 0.141 e. The lowest BCUT2D eigenvalue weighted by Gasteiger charge is -2.05. The summed E-state index contributed by atoms with van der Waals surface area (Å²) in [5, 5.41) is 19.5. The van der Waals surface area contributed by atoms with E-state index in [0.29, 0.717) is 17.0 Å². The van der Waals surface area contributed by atoms with Crippen molar-refractivity contribution >= 4 is 11.4 Å². The number of phenols is 2. The molecule has 0 aliphatic rings. The Morgan fingerprint density at radius 2 is 1.72 bits per heavy atom. The summed E-state index contributed by atoms with van der Waals surface area (Å²) in [6.07, 6.45) is 0. The fourth-order valence-electron chi connectivity index (χ4n) is 1.75. The van der Waals surface area contributed by atoms with Crippen LogP contribution in [0.3, 0.4) is 0 Å². The third kappa shape index (κ3) is 2.51. The fourth-order valence-corrected chi connectivity index (χ4v) is 1.75. The molecule has 2 N–H and O–H groups in total. The molecule has 0 radical (unpaired) electrons. The molecule has 2 rings (SSSR count). The summed E-state index contributed by atoms with van der Waals surface area (Å²) in [5.41, 5.74) is 2.80.